The second-order valence-corrected chi connectivity index (χ2v) is 7.03. The van der Waals surface area contributed by atoms with E-state index in [-0.39, 0.29) is 17.9 Å². The summed E-state index contributed by atoms with van der Waals surface area (Å²) in [6, 6.07) is 0.231. The highest BCUT2D eigenvalue weighted by Crippen LogP contribution is 2.29. The fourth-order valence-corrected chi connectivity index (χ4v) is 3.34. The minimum Gasteiger partial charge on any atom is -0.384 e. The Morgan fingerprint density at radius 3 is 2.65 bits per heavy atom. The van der Waals surface area contributed by atoms with Gasteiger partial charge < -0.3 is 20.6 Å². The van der Waals surface area contributed by atoms with E-state index in [0.717, 1.165) is 19.3 Å². The van der Waals surface area contributed by atoms with Gasteiger partial charge in [-0.25, -0.2) is 0 Å². The maximum atomic E-state index is 12.3. The first-order chi connectivity index (χ1) is 11.0. The Labute approximate surface area is 139 Å². The molecule has 0 bridgehead atoms. The number of nitrogens with one attached hydrogen (secondary N) is 1. The molecular weight excluding hydrogens is 294 g/mol. The highest BCUT2D eigenvalue weighted by Gasteiger charge is 2.29. The number of nitrogens with zero attached hydrogens (tertiary/aromatic N) is 1. The summed E-state index contributed by atoms with van der Waals surface area (Å²) in [6.45, 7) is 7.58. The second-order valence-electron chi connectivity index (χ2n) is 7.03. The molecule has 6 nitrogen and oxygen atoms in total. The summed E-state index contributed by atoms with van der Waals surface area (Å²) >= 11 is 0. The van der Waals surface area contributed by atoms with Crippen molar-refractivity contribution in [3.63, 3.8) is 0 Å². The monoisotopic (exact) mass is 325 g/mol. The zero-order chi connectivity index (χ0) is 16.8. The van der Waals surface area contributed by atoms with Crippen LogP contribution in [0.4, 0.5) is 0 Å². The second kappa shape index (κ2) is 8.52. The van der Waals surface area contributed by atoms with E-state index in [1.165, 1.54) is 12.8 Å². The molecule has 1 aliphatic carbocycles. The van der Waals surface area contributed by atoms with Gasteiger partial charge in [0, 0.05) is 25.2 Å². The quantitative estimate of drug-likeness (QED) is 0.460. The van der Waals surface area contributed by atoms with Crippen LogP contribution < -0.4 is 11.1 Å². The van der Waals surface area contributed by atoms with Crippen molar-refractivity contribution in [1.82, 2.24) is 5.32 Å². The molecule has 4 atom stereocenters. The van der Waals surface area contributed by atoms with E-state index >= 15 is 0 Å². The van der Waals surface area contributed by atoms with E-state index in [2.05, 4.69) is 24.3 Å². The van der Waals surface area contributed by atoms with Crippen LogP contribution in [0.2, 0.25) is 0 Å². The highest BCUT2D eigenvalue weighted by atomic mass is 16.6. The Bertz CT molecular complexity index is 421. The van der Waals surface area contributed by atoms with Crippen molar-refractivity contribution in [3.8, 4) is 0 Å². The molecule has 2 rings (SSSR count). The Morgan fingerprint density at radius 1 is 1.26 bits per heavy atom. The lowest BCUT2D eigenvalue weighted by Crippen LogP contribution is -2.47. The molecule has 0 aromatic heterocycles. The third-order valence-corrected chi connectivity index (χ3v) is 5.36. The number of amidine groups is 1. The number of amides is 1. The van der Waals surface area contributed by atoms with Crippen LogP contribution >= 0.6 is 0 Å². The summed E-state index contributed by atoms with van der Waals surface area (Å²) in [4.78, 5) is 17.6. The zero-order valence-corrected chi connectivity index (χ0v) is 14.6. The van der Waals surface area contributed by atoms with Crippen molar-refractivity contribution in [2.45, 2.75) is 65.0 Å². The standard InChI is InChI=1S/C17H31N3O3/c1-11-5-4-6-15(12(11)2)19-17(21)13(3)23-20-16(18)14-7-9-22-10-8-14/h11-15H,4-10H2,1-3H3,(H2,18,20)(H,19,21)/t11-,12+,13-,15+/m0/s1. The molecule has 0 aromatic carbocycles. The maximum absolute atomic E-state index is 12.3. The first-order valence-electron chi connectivity index (χ1n) is 8.86. The Balaban J connectivity index is 1.80. The zero-order valence-electron chi connectivity index (χ0n) is 14.6. The molecule has 1 amide bonds. The SMILES string of the molecule is C[C@@H]1[C@@H](C)CCC[C@H]1NC(=O)[C@H](C)ON=C(N)C1CCOCC1. The lowest BCUT2D eigenvalue weighted by molar-refractivity contribution is -0.133. The largest absolute Gasteiger partial charge is 0.384 e. The van der Waals surface area contributed by atoms with Gasteiger partial charge in [0.25, 0.3) is 5.91 Å². The molecule has 132 valence electrons. The molecule has 6 heteroatoms. The number of hydrogen-bond donors (Lipinski definition) is 2. The van der Waals surface area contributed by atoms with E-state index in [9.17, 15) is 4.79 Å². The van der Waals surface area contributed by atoms with Gasteiger partial charge in [0.2, 0.25) is 6.10 Å². The highest BCUT2D eigenvalue weighted by molar-refractivity contribution is 5.83. The molecule has 1 heterocycles. The number of carbonyl (C=O) groups is 1. The molecule has 0 unspecified atom stereocenters. The topological polar surface area (TPSA) is 85.9 Å². The first-order valence-corrected chi connectivity index (χ1v) is 8.86. The van der Waals surface area contributed by atoms with Gasteiger partial charge in [-0.05, 0) is 38.0 Å². The van der Waals surface area contributed by atoms with Crippen LogP contribution in [0.3, 0.4) is 0 Å². The molecule has 0 radical (unpaired) electrons. The van der Waals surface area contributed by atoms with Crippen molar-refractivity contribution in [2.24, 2.45) is 28.6 Å². The number of carbonyl (C=O) groups excluding carboxylic acids is 1. The lowest BCUT2D eigenvalue weighted by atomic mass is 9.78. The van der Waals surface area contributed by atoms with Crippen LogP contribution in [-0.2, 0) is 14.4 Å². The van der Waals surface area contributed by atoms with Crippen LogP contribution in [0.1, 0.15) is 52.9 Å². The van der Waals surface area contributed by atoms with E-state index in [1.807, 2.05) is 0 Å². The average molecular weight is 325 g/mol. The normalized spacial score (nSPS) is 31.4. The predicted octanol–water partition coefficient (Wildman–Crippen LogP) is 2.03. The van der Waals surface area contributed by atoms with E-state index in [0.29, 0.717) is 30.9 Å². The van der Waals surface area contributed by atoms with Crippen LogP contribution in [-0.4, -0.2) is 37.1 Å². The predicted molar refractivity (Wildman–Crippen MR) is 89.8 cm³/mol. The van der Waals surface area contributed by atoms with Gasteiger partial charge in [0.15, 0.2) is 0 Å². The van der Waals surface area contributed by atoms with Crippen LogP contribution in [0.25, 0.3) is 0 Å². The van der Waals surface area contributed by atoms with Crippen LogP contribution in [0.5, 0.6) is 0 Å². The van der Waals surface area contributed by atoms with Gasteiger partial charge in [-0.3, -0.25) is 4.79 Å². The molecule has 3 N–H and O–H groups in total. The van der Waals surface area contributed by atoms with Crippen molar-refractivity contribution < 1.29 is 14.4 Å². The Morgan fingerprint density at radius 2 is 1.96 bits per heavy atom. The third kappa shape index (κ3) is 5.09. The molecule has 2 fully saturated rings. The van der Waals surface area contributed by atoms with Gasteiger partial charge in [0.05, 0.1) is 0 Å². The fourth-order valence-electron chi connectivity index (χ4n) is 3.34. The van der Waals surface area contributed by atoms with Crippen molar-refractivity contribution in [2.75, 3.05) is 13.2 Å². The Kier molecular flexibility index (Phi) is 6.69. The van der Waals surface area contributed by atoms with Crippen molar-refractivity contribution >= 4 is 11.7 Å². The summed E-state index contributed by atoms with van der Waals surface area (Å²) in [7, 11) is 0. The van der Waals surface area contributed by atoms with Gasteiger partial charge in [-0.2, -0.15) is 0 Å². The number of oxime groups is 1. The fraction of sp³-hybridized carbons (Fsp3) is 0.882. The van der Waals surface area contributed by atoms with Gasteiger partial charge in [-0.15, -0.1) is 0 Å². The molecule has 2 aliphatic rings. The maximum Gasteiger partial charge on any atom is 0.263 e. The number of ether oxygens (including phenoxy) is 1. The summed E-state index contributed by atoms with van der Waals surface area (Å²) in [5, 5.41) is 7.08. The van der Waals surface area contributed by atoms with E-state index in [4.69, 9.17) is 15.3 Å². The molecule has 23 heavy (non-hydrogen) atoms. The molecule has 1 saturated heterocycles. The Hall–Kier alpha value is -1.30. The van der Waals surface area contributed by atoms with Crippen LogP contribution in [0.15, 0.2) is 5.16 Å². The van der Waals surface area contributed by atoms with Crippen molar-refractivity contribution in [1.29, 1.82) is 0 Å². The summed E-state index contributed by atoms with van der Waals surface area (Å²) in [6.07, 6.45) is 4.54. The summed E-state index contributed by atoms with van der Waals surface area (Å²) < 4.78 is 5.30. The smallest absolute Gasteiger partial charge is 0.263 e. The van der Waals surface area contributed by atoms with Gasteiger partial charge in [0.1, 0.15) is 5.84 Å². The van der Waals surface area contributed by atoms with Crippen molar-refractivity contribution in [3.05, 3.63) is 0 Å². The molecule has 0 spiro atoms. The molecular formula is C17H31N3O3. The summed E-state index contributed by atoms with van der Waals surface area (Å²) in [5.41, 5.74) is 5.96. The first kappa shape index (κ1) is 18.0. The molecule has 0 aromatic rings. The minimum absolute atomic E-state index is 0.112. The summed E-state index contributed by atoms with van der Waals surface area (Å²) in [5.74, 6) is 1.69. The lowest BCUT2D eigenvalue weighted by Gasteiger charge is -2.35. The number of hydrogen-bond acceptors (Lipinski definition) is 4. The average Bonchev–Trinajstić information content (AvgIpc) is 2.57. The van der Waals surface area contributed by atoms with Gasteiger partial charge in [-0.1, -0.05) is 31.8 Å². The van der Waals surface area contributed by atoms with Crippen LogP contribution in [0, 0.1) is 17.8 Å². The van der Waals surface area contributed by atoms with Gasteiger partial charge >= 0.3 is 0 Å². The number of rotatable bonds is 5. The molecule has 1 saturated carbocycles. The molecule has 1 aliphatic heterocycles. The van der Waals surface area contributed by atoms with E-state index < -0.39 is 6.10 Å². The third-order valence-electron chi connectivity index (χ3n) is 5.36. The minimum atomic E-state index is -0.627. The van der Waals surface area contributed by atoms with E-state index in [1.54, 1.807) is 6.92 Å². The number of nitrogens with two attached hydrogens (primary N) is 1.